The molecule has 1 aromatic rings. The van der Waals surface area contributed by atoms with Gasteiger partial charge in [-0.05, 0) is 53.6 Å². The number of carbonyl (C=O) groups excluding carboxylic acids is 2. The van der Waals surface area contributed by atoms with Gasteiger partial charge in [0.05, 0.1) is 22.5 Å². The number of anilines is 1. The highest BCUT2D eigenvalue weighted by Crippen LogP contribution is 2.42. The molecule has 2 aliphatic rings. The molecule has 0 spiro atoms. The summed E-state index contributed by atoms with van der Waals surface area (Å²) in [6.07, 6.45) is 3.72. The van der Waals surface area contributed by atoms with E-state index in [4.69, 9.17) is 11.6 Å². The standard InChI is InChI=1S/C14H13ClINO2/c15-11-6-5-8(16)7-12(11)17-13(18)9-3-1-2-4-10(9)14(17)19/h5-7,9-10H,1-4H2. The lowest BCUT2D eigenvalue weighted by atomic mass is 9.81. The van der Waals surface area contributed by atoms with Gasteiger partial charge in [0.25, 0.3) is 0 Å². The number of benzene rings is 1. The van der Waals surface area contributed by atoms with Crippen LogP contribution in [0.3, 0.4) is 0 Å². The van der Waals surface area contributed by atoms with Crippen molar-refractivity contribution in [1.29, 1.82) is 0 Å². The Morgan fingerprint density at radius 3 is 2.26 bits per heavy atom. The molecule has 1 saturated carbocycles. The van der Waals surface area contributed by atoms with Gasteiger partial charge in [-0.1, -0.05) is 24.4 Å². The molecule has 0 N–H and O–H groups in total. The van der Waals surface area contributed by atoms with Crippen LogP contribution in [0.5, 0.6) is 0 Å². The Kier molecular flexibility index (Phi) is 3.55. The van der Waals surface area contributed by atoms with Crippen molar-refractivity contribution in [1.82, 2.24) is 0 Å². The third-order valence-electron chi connectivity index (χ3n) is 3.99. The van der Waals surface area contributed by atoms with Crippen molar-refractivity contribution in [2.24, 2.45) is 11.8 Å². The van der Waals surface area contributed by atoms with E-state index in [9.17, 15) is 9.59 Å². The van der Waals surface area contributed by atoms with Gasteiger partial charge in [0.2, 0.25) is 11.8 Å². The summed E-state index contributed by atoms with van der Waals surface area (Å²) in [6, 6.07) is 5.40. The van der Waals surface area contributed by atoms with Crippen molar-refractivity contribution in [3.8, 4) is 0 Å². The highest BCUT2D eigenvalue weighted by molar-refractivity contribution is 14.1. The normalized spacial score (nSPS) is 26.7. The van der Waals surface area contributed by atoms with Crippen LogP contribution in [-0.2, 0) is 9.59 Å². The largest absolute Gasteiger partial charge is 0.274 e. The number of halogens is 2. The average molecular weight is 390 g/mol. The molecule has 100 valence electrons. The van der Waals surface area contributed by atoms with Crippen LogP contribution >= 0.6 is 34.2 Å². The molecule has 2 amide bonds. The molecule has 2 fully saturated rings. The van der Waals surface area contributed by atoms with Crippen LogP contribution < -0.4 is 4.90 Å². The van der Waals surface area contributed by atoms with E-state index < -0.39 is 0 Å². The monoisotopic (exact) mass is 389 g/mol. The summed E-state index contributed by atoms with van der Waals surface area (Å²) in [5.41, 5.74) is 0.540. The number of nitrogens with zero attached hydrogens (tertiary/aromatic N) is 1. The Hall–Kier alpha value is -0.620. The summed E-state index contributed by atoms with van der Waals surface area (Å²) in [4.78, 5) is 26.2. The number of hydrogen-bond acceptors (Lipinski definition) is 2. The first-order chi connectivity index (χ1) is 9.09. The highest BCUT2D eigenvalue weighted by Gasteiger charge is 2.49. The second kappa shape index (κ2) is 5.05. The predicted octanol–water partition coefficient (Wildman–Crippen LogP) is 3.62. The van der Waals surface area contributed by atoms with Crippen LogP contribution in [-0.4, -0.2) is 11.8 Å². The summed E-state index contributed by atoms with van der Waals surface area (Å²) in [5, 5.41) is 0.459. The molecule has 2 atom stereocenters. The van der Waals surface area contributed by atoms with Gasteiger partial charge >= 0.3 is 0 Å². The average Bonchev–Trinajstić information content (AvgIpc) is 2.66. The van der Waals surface area contributed by atoms with Crippen molar-refractivity contribution >= 4 is 51.7 Å². The molecular weight excluding hydrogens is 377 g/mol. The van der Waals surface area contributed by atoms with Gasteiger partial charge < -0.3 is 0 Å². The van der Waals surface area contributed by atoms with Gasteiger partial charge in [-0.15, -0.1) is 0 Å². The number of hydrogen-bond donors (Lipinski definition) is 0. The first-order valence-electron chi connectivity index (χ1n) is 6.42. The minimum atomic E-state index is -0.129. The molecule has 0 radical (unpaired) electrons. The Bertz CT molecular complexity index is 536. The maximum Gasteiger partial charge on any atom is 0.237 e. The zero-order chi connectivity index (χ0) is 13.6. The summed E-state index contributed by atoms with van der Waals surface area (Å²) in [6.45, 7) is 0. The SMILES string of the molecule is O=C1C2CCCCC2C(=O)N1c1cc(I)ccc1Cl. The molecule has 1 aliphatic carbocycles. The van der Waals surface area contributed by atoms with E-state index in [0.29, 0.717) is 10.7 Å². The molecule has 0 bridgehead atoms. The van der Waals surface area contributed by atoms with Gasteiger partial charge in [-0.2, -0.15) is 0 Å². The van der Waals surface area contributed by atoms with Crippen molar-refractivity contribution in [3.05, 3.63) is 26.8 Å². The van der Waals surface area contributed by atoms with Crippen molar-refractivity contribution < 1.29 is 9.59 Å². The van der Waals surface area contributed by atoms with Crippen LogP contribution in [0.1, 0.15) is 25.7 Å². The minimum Gasteiger partial charge on any atom is -0.274 e. The molecule has 1 saturated heterocycles. The lowest BCUT2D eigenvalue weighted by molar-refractivity contribution is -0.122. The van der Waals surface area contributed by atoms with E-state index in [1.807, 2.05) is 6.07 Å². The van der Waals surface area contributed by atoms with Crippen LogP contribution in [0.4, 0.5) is 5.69 Å². The van der Waals surface area contributed by atoms with Gasteiger partial charge in [-0.3, -0.25) is 9.59 Å². The summed E-state index contributed by atoms with van der Waals surface area (Å²) < 4.78 is 0.965. The third-order valence-corrected chi connectivity index (χ3v) is 4.98. The number of rotatable bonds is 1. The second-order valence-electron chi connectivity index (χ2n) is 5.11. The smallest absolute Gasteiger partial charge is 0.237 e. The number of imide groups is 1. The molecule has 1 aliphatic heterocycles. The van der Waals surface area contributed by atoms with Crippen molar-refractivity contribution in [2.75, 3.05) is 4.90 Å². The summed E-state index contributed by atoms with van der Waals surface area (Å²) in [7, 11) is 0. The zero-order valence-corrected chi connectivity index (χ0v) is 13.1. The van der Waals surface area contributed by atoms with Crippen molar-refractivity contribution in [2.45, 2.75) is 25.7 Å². The van der Waals surface area contributed by atoms with Gasteiger partial charge in [-0.25, -0.2) is 4.90 Å². The molecule has 5 heteroatoms. The summed E-state index contributed by atoms with van der Waals surface area (Å²) in [5.74, 6) is -0.400. The third kappa shape index (κ3) is 2.18. The van der Waals surface area contributed by atoms with E-state index in [0.717, 1.165) is 29.3 Å². The molecule has 3 rings (SSSR count). The van der Waals surface area contributed by atoms with Gasteiger partial charge in [0.15, 0.2) is 0 Å². The van der Waals surface area contributed by atoms with E-state index in [1.54, 1.807) is 12.1 Å². The van der Waals surface area contributed by atoms with Gasteiger partial charge in [0, 0.05) is 3.57 Å². The van der Waals surface area contributed by atoms with E-state index in [1.165, 1.54) is 4.90 Å². The molecular formula is C14H13ClINO2. The maximum atomic E-state index is 12.5. The lowest BCUT2D eigenvalue weighted by Crippen LogP contribution is -2.31. The first kappa shape index (κ1) is 13.4. The fraction of sp³-hybridized carbons (Fsp3) is 0.429. The number of fused-ring (bicyclic) bond motifs is 1. The quantitative estimate of drug-likeness (QED) is 0.543. The lowest BCUT2D eigenvalue weighted by Gasteiger charge is -2.19. The van der Waals surface area contributed by atoms with E-state index in [-0.39, 0.29) is 23.7 Å². The van der Waals surface area contributed by atoms with Crippen LogP contribution in [0, 0.1) is 15.4 Å². The molecule has 0 aromatic heterocycles. The Balaban J connectivity index is 2.03. The second-order valence-corrected chi connectivity index (χ2v) is 6.76. The molecule has 1 aromatic carbocycles. The van der Waals surface area contributed by atoms with Crippen LogP contribution in [0.25, 0.3) is 0 Å². The zero-order valence-electron chi connectivity index (χ0n) is 10.2. The van der Waals surface area contributed by atoms with Crippen LogP contribution in [0.15, 0.2) is 18.2 Å². The topological polar surface area (TPSA) is 37.4 Å². The number of amides is 2. The van der Waals surface area contributed by atoms with E-state index in [2.05, 4.69) is 22.6 Å². The molecule has 19 heavy (non-hydrogen) atoms. The molecule has 1 heterocycles. The molecule has 3 nitrogen and oxygen atoms in total. The Morgan fingerprint density at radius 1 is 1.11 bits per heavy atom. The number of carbonyl (C=O) groups is 2. The fourth-order valence-corrected chi connectivity index (χ4v) is 3.73. The Labute approximate surface area is 130 Å². The molecule has 2 unspecified atom stereocenters. The predicted molar refractivity (Wildman–Crippen MR) is 82.1 cm³/mol. The first-order valence-corrected chi connectivity index (χ1v) is 7.88. The summed E-state index contributed by atoms with van der Waals surface area (Å²) >= 11 is 8.31. The highest BCUT2D eigenvalue weighted by atomic mass is 127. The minimum absolute atomic E-state index is 0.0707. The fourth-order valence-electron chi connectivity index (χ4n) is 3.06. The van der Waals surface area contributed by atoms with E-state index >= 15 is 0 Å². The van der Waals surface area contributed by atoms with Crippen molar-refractivity contribution in [3.63, 3.8) is 0 Å². The Morgan fingerprint density at radius 2 is 1.68 bits per heavy atom. The van der Waals surface area contributed by atoms with Gasteiger partial charge in [0.1, 0.15) is 0 Å². The maximum absolute atomic E-state index is 12.5. The van der Waals surface area contributed by atoms with Crippen LogP contribution in [0.2, 0.25) is 5.02 Å².